The SMILES string of the molecule is COc1ccc(S(=O)(=O)N(Cc2ccc(F)cc2)C2CC(=O)N(c3ccc(S(N)(=O)=O)cc3)C2=O)cc1. The fourth-order valence-electron chi connectivity index (χ4n) is 3.91. The average molecular weight is 548 g/mol. The predicted octanol–water partition coefficient (Wildman–Crippen LogP) is 2.00. The molecular formula is C24H22FN3O7S2. The molecule has 194 valence electrons. The van der Waals surface area contributed by atoms with E-state index in [0.717, 1.165) is 33.5 Å². The van der Waals surface area contributed by atoms with Crippen LogP contribution < -0.4 is 14.8 Å². The molecule has 3 aromatic rings. The predicted molar refractivity (Wildman–Crippen MR) is 131 cm³/mol. The Morgan fingerprint density at radius 1 is 0.919 bits per heavy atom. The van der Waals surface area contributed by atoms with Crippen LogP contribution >= 0.6 is 0 Å². The Bertz CT molecular complexity index is 1540. The highest BCUT2D eigenvalue weighted by Gasteiger charge is 2.47. The van der Waals surface area contributed by atoms with E-state index < -0.39 is 50.1 Å². The van der Waals surface area contributed by atoms with Crippen LogP contribution in [0, 0.1) is 5.82 Å². The molecule has 0 saturated carbocycles. The molecule has 13 heteroatoms. The second-order valence-electron chi connectivity index (χ2n) is 8.18. The van der Waals surface area contributed by atoms with Gasteiger partial charge in [0.2, 0.25) is 26.0 Å². The van der Waals surface area contributed by atoms with Gasteiger partial charge in [-0.25, -0.2) is 31.3 Å². The fraction of sp³-hybridized carbons (Fsp3) is 0.167. The highest BCUT2D eigenvalue weighted by atomic mass is 32.2. The number of sulfonamides is 2. The van der Waals surface area contributed by atoms with E-state index in [4.69, 9.17) is 9.88 Å². The van der Waals surface area contributed by atoms with Crippen molar-refractivity contribution in [3.8, 4) is 5.75 Å². The van der Waals surface area contributed by atoms with Crippen molar-refractivity contribution < 1.29 is 35.6 Å². The summed E-state index contributed by atoms with van der Waals surface area (Å²) < 4.78 is 69.9. The summed E-state index contributed by atoms with van der Waals surface area (Å²) in [5.74, 6) is -1.58. The van der Waals surface area contributed by atoms with Gasteiger partial charge in [-0.3, -0.25) is 9.59 Å². The number of ether oxygens (including phenoxy) is 1. The smallest absolute Gasteiger partial charge is 0.252 e. The third kappa shape index (κ3) is 5.39. The number of primary sulfonamides is 1. The van der Waals surface area contributed by atoms with Crippen LogP contribution in [0.15, 0.2) is 82.6 Å². The van der Waals surface area contributed by atoms with Gasteiger partial charge >= 0.3 is 0 Å². The molecule has 0 spiro atoms. The van der Waals surface area contributed by atoms with Crippen molar-refractivity contribution >= 4 is 37.5 Å². The molecule has 2 N–H and O–H groups in total. The molecule has 1 unspecified atom stereocenters. The molecule has 3 aromatic carbocycles. The molecule has 2 amide bonds. The molecule has 10 nitrogen and oxygen atoms in total. The minimum atomic E-state index is -4.32. The van der Waals surface area contributed by atoms with Gasteiger partial charge in [-0.05, 0) is 66.2 Å². The van der Waals surface area contributed by atoms with Gasteiger partial charge in [0.05, 0.1) is 29.0 Å². The number of carbonyl (C=O) groups excluding carboxylic acids is 2. The number of hydrogen-bond acceptors (Lipinski definition) is 7. The first-order chi connectivity index (χ1) is 17.4. The van der Waals surface area contributed by atoms with Crippen molar-refractivity contribution in [3.05, 3.63) is 84.2 Å². The number of hydrogen-bond donors (Lipinski definition) is 1. The number of anilines is 1. The lowest BCUT2D eigenvalue weighted by atomic mass is 10.2. The fourth-order valence-corrected chi connectivity index (χ4v) is 6.00. The van der Waals surface area contributed by atoms with E-state index in [9.17, 15) is 30.8 Å². The summed E-state index contributed by atoms with van der Waals surface area (Å²) in [5.41, 5.74) is 0.461. The highest BCUT2D eigenvalue weighted by Crippen LogP contribution is 2.31. The summed E-state index contributed by atoms with van der Waals surface area (Å²) in [4.78, 5) is 26.8. The second kappa shape index (κ2) is 10.0. The molecule has 4 rings (SSSR count). The molecule has 1 fully saturated rings. The van der Waals surface area contributed by atoms with Crippen molar-refractivity contribution in [1.82, 2.24) is 4.31 Å². The number of nitrogens with zero attached hydrogens (tertiary/aromatic N) is 2. The van der Waals surface area contributed by atoms with E-state index in [2.05, 4.69) is 0 Å². The van der Waals surface area contributed by atoms with Gasteiger partial charge < -0.3 is 4.74 Å². The monoisotopic (exact) mass is 547 g/mol. The van der Waals surface area contributed by atoms with Crippen LogP contribution in [-0.2, 0) is 36.2 Å². The van der Waals surface area contributed by atoms with E-state index in [-0.39, 0.29) is 22.0 Å². The maximum absolute atomic E-state index is 13.7. The molecule has 1 atom stereocenters. The minimum absolute atomic E-state index is 0.0634. The summed E-state index contributed by atoms with van der Waals surface area (Å²) in [5, 5.41) is 5.10. The third-order valence-electron chi connectivity index (χ3n) is 5.81. The summed E-state index contributed by atoms with van der Waals surface area (Å²) in [7, 11) is -6.89. The summed E-state index contributed by atoms with van der Waals surface area (Å²) in [6.07, 6.45) is -0.452. The van der Waals surface area contributed by atoms with Crippen molar-refractivity contribution in [2.75, 3.05) is 12.0 Å². The van der Waals surface area contributed by atoms with Crippen molar-refractivity contribution in [1.29, 1.82) is 0 Å². The zero-order chi connectivity index (χ0) is 27.0. The number of methoxy groups -OCH3 is 1. The van der Waals surface area contributed by atoms with Crippen LogP contribution in [0.2, 0.25) is 0 Å². The number of halogens is 1. The topological polar surface area (TPSA) is 144 Å². The molecule has 37 heavy (non-hydrogen) atoms. The largest absolute Gasteiger partial charge is 0.497 e. The van der Waals surface area contributed by atoms with Gasteiger partial charge in [-0.2, -0.15) is 4.31 Å². The van der Waals surface area contributed by atoms with E-state index in [1.165, 1.54) is 55.6 Å². The first-order valence-electron chi connectivity index (χ1n) is 10.8. The van der Waals surface area contributed by atoms with E-state index in [1.807, 2.05) is 0 Å². The maximum Gasteiger partial charge on any atom is 0.252 e. The first kappa shape index (κ1) is 26.4. The zero-order valence-electron chi connectivity index (χ0n) is 19.4. The number of carbonyl (C=O) groups is 2. The quantitative estimate of drug-likeness (QED) is 0.425. The van der Waals surface area contributed by atoms with Gasteiger partial charge in [0.25, 0.3) is 5.91 Å². The Labute approximate surface area is 213 Å². The summed E-state index contributed by atoms with van der Waals surface area (Å²) >= 11 is 0. The lowest BCUT2D eigenvalue weighted by Crippen LogP contribution is -2.45. The molecule has 0 bridgehead atoms. The van der Waals surface area contributed by atoms with Crippen LogP contribution in [0.5, 0.6) is 5.75 Å². The van der Waals surface area contributed by atoms with Crippen LogP contribution in [0.3, 0.4) is 0 Å². The Kier molecular flexibility index (Phi) is 7.15. The minimum Gasteiger partial charge on any atom is -0.497 e. The van der Waals surface area contributed by atoms with E-state index in [0.29, 0.717) is 11.3 Å². The summed E-state index contributed by atoms with van der Waals surface area (Å²) in [6, 6.07) is 14.0. The molecule has 0 aromatic heterocycles. The van der Waals surface area contributed by atoms with Gasteiger partial charge in [-0.15, -0.1) is 0 Å². The Hall–Kier alpha value is -3.65. The molecule has 0 aliphatic carbocycles. The number of benzene rings is 3. The molecular weight excluding hydrogens is 525 g/mol. The standard InChI is InChI=1S/C24H22FN3O7S2/c1-35-19-8-12-21(13-9-19)37(33,34)27(15-16-2-4-17(25)5-3-16)22-14-23(29)28(24(22)30)18-6-10-20(11-7-18)36(26,31)32/h2-13,22H,14-15H2,1H3,(H2,26,31,32). The van der Waals surface area contributed by atoms with Gasteiger partial charge in [0.15, 0.2) is 0 Å². The zero-order valence-corrected chi connectivity index (χ0v) is 21.1. The molecule has 1 aliphatic heterocycles. The lowest BCUT2D eigenvalue weighted by Gasteiger charge is -2.27. The Balaban J connectivity index is 1.73. The third-order valence-corrected chi connectivity index (χ3v) is 8.61. The van der Waals surface area contributed by atoms with Crippen molar-refractivity contribution in [2.24, 2.45) is 5.14 Å². The first-order valence-corrected chi connectivity index (χ1v) is 13.8. The van der Waals surface area contributed by atoms with E-state index >= 15 is 0 Å². The van der Waals surface area contributed by atoms with Gasteiger partial charge in [0, 0.05) is 6.54 Å². The Morgan fingerprint density at radius 2 is 1.49 bits per heavy atom. The molecule has 0 radical (unpaired) electrons. The second-order valence-corrected chi connectivity index (χ2v) is 11.6. The molecule has 1 saturated heterocycles. The summed E-state index contributed by atoms with van der Waals surface area (Å²) in [6.45, 7) is -0.309. The van der Waals surface area contributed by atoms with Crippen molar-refractivity contribution in [2.45, 2.75) is 28.8 Å². The number of rotatable bonds is 8. The van der Waals surface area contributed by atoms with Crippen LogP contribution in [0.4, 0.5) is 10.1 Å². The normalized spacial score (nSPS) is 16.4. The molecule has 1 aliphatic rings. The number of nitrogens with two attached hydrogens (primary N) is 1. The molecule has 1 heterocycles. The van der Waals surface area contributed by atoms with Crippen LogP contribution in [-0.4, -0.2) is 46.1 Å². The van der Waals surface area contributed by atoms with Crippen molar-refractivity contribution in [3.63, 3.8) is 0 Å². The average Bonchev–Trinajstić information content (AvgIpc) is 3.16. The maximum atomic E-state index is 13.7. The number of amides is 2. The number of imide groups is 1. The van der Waals surface area contributed by atoms with Gasteiger partial charge in [-0.1, -0.05) is 12.1 Å². The Morgan fingerprint density at radius 3 is 2.03 bits per heavy atom. The van der Waals surface area contributed by atoms with Crippen LogP contribution in [0.25, 0.3) is 0 Å². The lowest BCUT2D eigenvalue weighted by molar-refractivity contribution is -0.122. The highest BCUT2D eigenvalue weighted by molar-refractivity contribution is 7.89. The van der Waals surface area contributed by atoms with Crippen LogP contribution in [0.1, 0.15) is 12.0 Å². The van der Waals surface area contributed by atoms with E-state index in [1.54, 1.807) is 0 Å². The van der Waals surface area contributed by atoms with Gasteiger partial charge in [0.1, 0.15) is 17.6 Å².